The molecule has 174 valence electrons. The van der Waals surface area contributed by atoms with Gasteiger partial charge in [0.15, 0.2) is 11.3 Å². The summed E-state index contributed by atoms with van der Waals surface area (Å²) in [6, 6.07) is 40.9. The molecule has 4 aromatic carbocycles. The zero-order valence-corrected chi connectivity index (χ0v) is 20.2. The third-order valence-corrected chi connectivity index (χ3v) is 6.72. The summed E-state index contributed by atoms with van der Waals surface area (Å²) in [5.41, 5.74) is 3.14. The lowest BCUT2D eigenvalue weighted by atomic mass is 9.73. The van der Waals surface area contributed by atoms with Gasteiger partial charge in [0.2, 0.25) is 0 Å². The van der Waals surface area contributed by atoms with Crippen LogP contribution >= 0.6 is 0 Å². The van der Waals surface area contributed by atoms with Crippen LogP contribution in [0.2, 0.25) is 0 Å². The first-order valence-electron chi connectivity index (χ1n) is 12.2. The van der Waals surface area contributed by atoms with Crippen LogP contribution in [0.5, 0.6) is 0 Å². The molecule has 2 atom stereocenters. The summed E-state index contributed by atoms with van der Waals surface area (Å²) >= 11 is 0. The SMILES string of the molecule is CC(C)C(=O)[C@]1(c2ccccc2)N=C(c2ccccc2)N(Cc2ccccc2)[C@H]1c1ccccc1. The van der Waals surface area contributed by atoms with Gasteiger partial charge >= 0.3 is 0 Å². The minimum absolute atomic E-state index is 0.126. The number of nitrogens with zero attached hydrogens (tertiary/aromatic N) is 2. The van der Waals surface area contributed by atoms with E-state index < -0.39 is 5.54 Å². The van der Waals surface area contributed by atoms with Gasteiger partial charge in [-0.25, -0.2) is 4.99 Å². The van der Waals surface area contributed by atoms with E-state index in [0.29, 0.717) is 6.54 Å². The molecule has 0 fully saturated rings. The summed E-state index contributed by atoms with van der Waals surface area (Å²) in [5.74, 6) is 0.793. The second kappa shape index (κ2) is 9.71. The molecule has 0 amide bonds. The standard InChI is InChI=1S/C32H30N2O/c1-24(2)30(35)32(28-21-13-6-14-22-28)29(26-17-9-4-10-18-26)34(23-25-15-7-3-8-16-25)31(33-32)27-19-11-5-12-20-27/h3-22,24,29H,23H2,1-2H3/t29-,32+/m0/s1. The summed E-state index contributed by atoms with van der Waals surface area (Å²) in [6.45, 7) is 4.60. The van der Waals surface area contributed by atoms with Gasteiger partial charge in [-0.05, 0) is 16.7 Å². The van der Waals surface area contributed by atoms with Crippen molar-refractivity contribution in [2.75, 3.05) is 0 Å². The fourth-order valence-corrected chi connectivity index (χ4v) is 5.15. The van der Waals surface area contributed by atoms with Crippen LogP contribution in [0.1, 0.15) is 42.1 Å². The lowest BCUT2D eigenvalue weighted by Gasteiger charge is -2.38. The van der Waals surface area contributed by atoms with Gasteiger partial charge in [0.25, 0.3) is 0 Å². The molecule has 0 saturated carbocycles. The van der Waals surface area contributed by atoms with Gasteiger partial charge in [-0.1, -0.05) is 135 Å². The Hall–Kier alpha value is -3.98. The number of hydrogen-bond acceptors (Lipinski definition) is 3. The molecule has 3 heteroatoms. The van der Waals surface area contributed by atoms with Crippen molar-refractivity contribution in [1.29, 1.82) is 0 Å². The van der Waals surface area contributed by atoms with Crippen molar-refractivity contribution in [3.63, 3.8) is 0 Å². The highest BCUT2D eigenvalue weighted by Crippen LogP contribution is 2.50. The molecule has 0 bridgehead atoms. The average molecular weight is 459 g/mol. The van der Waals surface area contributed by atoms with Crippen molar-refractivity contribution < 1.29 is 4.79 Å². The third kappa shape index (κ3) is 4.19. The highest BCUT2D eigenvalue weighted by Gasteiger charge is 2.56. The van der Waals surface area contributed by atoms with Crippen LogP contribution in [0.15, 0.2) is 126 Å². The van der Waals surface area contributed by atoms with Gasteiger partial charge in [0.1, 0.15) is 5.84 Å². The predicted molar refractivity (Wildman–Crippen MR) is 142 cm³/mol. The number of carbonyl (C=O) groups excluding carboxylic acids is 1. The van der Waals surface area contributed by atoms with E-state index in [4.69, 9.17) is 4.99 Å². The van der Waals surface area contributed by atoms with Crippen LogP contribution in [0.25, 0.3) is 0 Å². The topological polar surface area (TPSA) is 32.7 Å². The van der Waals surface area contributed by atoms with E-state index in [1.54, 1.807) is 0 Å². The van der Waals surface area contributed by atoms with E-state index in [0.717, 1.165) is 22.5 Å². The molecule has 0 N–H and O–H groups in total. The number of hydrogen-bond donors (Lipinski definition) is 0. The van der Waals surface area contributed by atoms with Crippen molar-refractivity contribution >= 4 is 11.6 Å². The van der Waals surface area contributed by atoms with E-state index in [1.165, 1.54) is 5.56 Å². The Labute approximate surface area is 207 Å². The fraction of sp³-hybridized carbons (Fsp3) is 0.188. The van der Waals surface area contributed by atoms with Gasteiger partial charge < -0.3 is 4.90 Å². The molecule has 1 aliphatic rings. The molecule has 0 aromatic heterocycles. The number of amidine groups is 1. The van der Waals surface area contributed by atoms with E-state index in [9.17, 15) is 4.79 Å². The zero-order valence-electron chi connectivity index (χ0n) is 20.2. The molecule has 4 aromatic rings. The Morgan fingerprint density at radius 3 is 1.86 bits per heavy atom. The molecule has 0 radical (unpaired) electrons. The largest absolute Gasteiger partial charge is 0.342 e. The van der Waals surface area contributed by atoms with E-state index in [-0.39, 0.29) is 17.7 Å². The molecule has 0 spiro atoms. The Morgan fingerprint density at radius 2 is 1.29 bits per heavy atom. The molecular formula is C32H30N2O. The normalized spacial score (nSPS) is 19.6. The van der Waals surface area contributed by atoms with Crippen molar-refractivity contribution in [3.8, 4) is 0 Å². The summed E-state index contributed by atoms with van der Waals surface area (Å²) < 4.78 is 0. The van der Waals surface area contributed by atoms with Crippen LogP contribution in [-0.4, -0.2) is 16.5 Å². The van der Waals surface area contributed by atoms with E-state index in [1.807, 2.05) is 86.6 Å². The number of aliphatic imine (C=N–C) groups is 1. The number of ketones is 1. The van der Waals surface area contributed by atoms with Gasteiger partial charge in [-0.2, -0.15) is 0 Å². The minimum atomic E-state index is -1.06. The maximum absolute atomic E-state index is 14.3. The molecule has 3 nitrogen and oxygen atoms in total. The van der Waals surface area contributed by atoms with Gasteiger partial charge in [-0.3, -0.25) is 4.79 Å². The summed E-state index contributed by atoms with van der Waals surface area (Å²) in [7, 11) is 0. The van der Waals surface area contributed by atoms with Crippen LogP contribution in [0, 0.1) is 5.92 Å². The van der Waals surface area contributed by atoms with E-state index in [2.05, 4.69) is 53.4 Å². The number of Topliss-reactive ketones (excluding diaryl/α,β-unsaturated/α-hetero) is 1. The first-order chi connectivity index (χ1) is 17.1. The van der Waals surface area contributed by atoms with Gasteiger partial charge in [-0.15, -0.1) is 0 Å². The van der Waals surface area contributed by atoms with Gasteiger partial charge in [0, 0.05) is 18.0 Å². The monoisotopic (exact) mass is 458 g/mol. The Bertz CT molecular complexity index is 1300. The highest BCUT2D eigenvalue weighted by molar-refractivity contribution is 6.06. The first kappa shape index (κ1) is 22.8. The smallest absolute Gasteiger partial charge is 0.171 e. The fourth-order valence-electron chi connectivity index (χ4n) is 5.15. The van der Waals surface area contributed by atoms with Gasteiger partial charge in [0.05, 0.1) is 6.04 Å². The predicted octanol–water partition coefficient (Wildman–Crippen LogP) is 6.81. The second-order valence-electron chi connectivity index (χ2n) is 9.38. The summed E-state index contributed by atoms with van der Waals surface area (Å²) in [4.78, 5) is 22.0. The zero-order chi connectivity index (χ0) is 24.3. The molecule has 35 heavy (non-hydrogen) atoms. The second-order valence-corrected chi connectivity index (χ2v) is 9.38. The summed E-state index contributed by atoms with van der Waals surface area (Å²) in [6.07, 6.45) is 0. The van der Waals surface area contributed by atoms with Crippen LogP contribution in [0.3, 0.4) is 0 Å². The maximum Gasteiger partial charge on any atom is 0.171 e. The number of carbonyl (C=O) groups is 1. The molecule has 0 saturated heterocycles. The Balaban J connectivity index is 1.81. The average Bonchev–Trinajstić information content (AvgIpc) is 3.26. The molecule has 5 rings (SSSR count). The van der Waals surface area contributed by atoms with Crippen molar-refractivity contribution in [3.05, 3.63) is 144 Å². The lowest BCUT2D eigenvalue weighted by Crippen LogP contribution is -2.45. The van der Waals surface area contributed by atoms with Crippen molar-refractivity contribution in [2.24, 2.45) is 10.9 Å². The minimum Gasteiger partial charge on any atom is -0.342 e. The quantitative estimate of drug-likeness (QED) is 0.305. The first-order valence-corrected chi connectivity index (χ1v) is 12.2. The van der Waals surface area contributed by atoms with E-state index >= 15 is 0 Å². The van der Waals surface area contributed by atoms with Crippen molar-refractivity contribution in [1.82, 2.24) is 4.90 Å². The molecule has 1 aliphatic heterocycles. The van der Waals surface area contributed by atoms with Crippen molar-refractivity contribution in [2.45, 2.75) is 32.0 Å². The maximum atomic E-state index is 14.3. The van der Waals surface area contributed by atoms with Crippen LogP contribution in [0.4, 0.5) is 0 Å². The highest BCUT2D eigenvalue weighted by atomic mass is 16.1. The Morgan fingerprint density at radius 1 is 0.771 bits per heavy atom. The molecule has 0 unspecified atom stereocenters. The Kier molecular flexibility index (Phi) is 6.33. The third-order valence-electron chi connectivity index (χ3n) is 6.72. The van der Waals surface area contributed by atoms with Crippen LogP contribution < -0.4 is 0 Å². The number of rotatable bonds is 7. The lowest BCUT2D eigenvalue weighted by molar-refractivity contribution is -0.129. The summed E-state index contributed by atoms with van der Waals surface area (Å²) in [5, 5.41) is 0. The molecular weight excluding hydrogens is 428 g/mol. The number of benzene rings is 4. The van der Waals surface area contributed by atoms with Crippen LogP contribution in [-0.2, 0) is 16.9 Å². The molecule has 0 aliphatic carbocycles. The molecule has 1 heterocycles.